The van der Waals surface area contributed by atoms with Gasteiger partial charge in [-0.3, -0.25) is 4.90 Å². The van der Waals surface area contributed by atoms with E-state index in [2.05, 4.69) is 0 Å². The second kappa shape index (κ2) is 4.80. The molecule has 0 heterocycles. The maximum atomic E-state index is 13.4. The molecule has 1 N–H and O–H groups in total. The number of likely N-dealkylation sites (N-methyl/N-ethyl adjacent to an activating group) is 1. The van der Waals surface area contributed by atoms with Crippen LogP contribution in [0, 0.1) is 5.82 Å². The first-order valence-electron chi connectivity index (χ1n) is 4.77. The van der Waals surface area contributed by atoms with E-state index in [9.17, 15) is 14.3 Å². The number of aliphatic carboxylic acids is 1. The third kappa shape index (κ3) is 2.39. The third-order valence-corrected chi connectivity index (χ3v) is 3.45. The van der Waals surface area contributed by atoms with Gasteiger partial charge >= 0.3 is 5.97 Å². The minimum absolute atomic E-state index is 0.120. The first-order chi connectivity index (χ1) is 7.71. The molecule has 0 saturated heterocycles. The average Bonchev–Trinajstić information content (AvgIpc) is 2.21. The van der Waals surface area contributed by atoms with Crippen molar-refractivity contribution in [1.82, 2.24) is 4.90 Å². The maximum absolute atomic E-state index is 13.4. The highest BCUT2D eigenvalue weighted by molar-refractivity contribution is 6.35. The topological polar surface area (TPSA) is 40.5 Å². The van der Waals surface area contributed by atoms with E-state index in [1.165, 1.54) is 17.9 Å². The quantitative estimate of drug-likeness (QED) is 0.865. The lowest BCUT2D eigenvalue weighted by Crippen LogP contribution is -2.46. The number of hydrogen-bond donors (Lipinski definition) is 1. The van der Waals surface area contributed by atoms with Crippen molar-refractivity contribution in [2.45, 2.75) is 12.5 Å². The number of hydrogen-bond acceptors (Lipinski definition) is 2. The zero-order valence-corrected chi connectivity index (χ0v) is 11.1. The predicted molar refractivity (Wildman–Crippen MR) is 65.1 cm³/mol. The standard InChI is InChI=1S/C11H12Cl2FNO2/c1-11(10(16)17,15(2)3)6-4-9(14)8(13)5-7(6)12/h4-5H,1-3H3,(H,16,17). The zero-order chi connectivity index (χ0) is 13.4. The summed E-state index contributed by atoms with van der Waals surface area (Å²) in [7, 11) is 3.16. The van der Waals surface area contributed by atoms with E-state index in [1.54, 1.807) is 14.1 Å². The number of carbonyl (C=O) groups is 1. The zero-order valence-electron chi connectivity index (χ0n) is 9.59. The molecule has 0 aliphatic carbocycles. The van der Waals surface area contributed by atoms with Gasteiger partial charge in [0.05, 0.1) is 5.02 Å². The van der Waals surface area contributed by atoms with E-state index in [0.29, 0.717) is 0 Å². The molecule has 0 aliphatic rings. The Morgan fingerprint density at radius 1 is 1.35 bits per heavy atom. The predicted octanol–water partition coefficient (Wildman–Crippen LogP) is 2.99. The van der Waals surface area contributed by atoms with Crippen LogP contribution in [0.2, 0.25) is 10.0 Å². The van der Waals surface area contributed by atoms with Gasteiger partial charge in [-0.25, -0.2) is 9.18 Å². The molecule has 3 nitrogen and oxygen atoms in total. The molecule has 1 atom stereocenters. The smallest absolute Gasteiger partial charge is 0.328 e. The maximum Gasteiger partial charge on any atom is 0.328 e. The molecule has 0 spiro atoms. The molecule has 17 heavy (non-hydrogen) atoms. The van der Waals surface area contributed by atoms with Gasteiger partial charge in [-0.2, -0.15) is 0 Å². The molecule has 0 fully saturated rings. The number of carboxylic acid groups (broad SMARTS) is 1. The molecule has 94 valence electrons. The van der Waals surface area contributed by atoms with E-state index < -0.39 is 17.3 Å². The fraction of sp³-hybridized carbons (Fsp3) is 0.364. The van der Waals surface area contributed by atoms with Crippen molar-refractivity contribution in [3.8, 4) is 0 Å². The van der Waals surface area contributed by atoms with Gasteiger partial charge in [-0.05, 0) is 33.2 Å². The summed E-state index contributed by atoms with van der Waals surface area (Å²) in [6, 6.07) is 2.26. The van der Waals surface area contributed by atoms with Crippen LogP contribution in [0.5, 0.6) is 0 Å². The molecule has 6 heteroatoms. The van der Waals surface area contributed by atoms with Gasteiger partial charge in [0.1, 0.15) is 11.4 Å². The monoisotopic (exact) mass is 279 g/mol. The minimum Gasteiger partial charge on any atom is -0.480 e. The lowest BCUT2D eigenvalue weighted by molar-refractivity contribution is -0.149. The molecule has 0 aliphatic heterocycles. The number of carboxylic acids is 1. The van der Waals surface area contributed by atoms with Crippen LogP contribution >= 0.6 is 23.2 Å². The van der Waals surface area contributed by atoms with E-state index in [-0.39, 0.29) is 15.6 Å². The number of halogens is 3. The van der Waals surface area contributed by atoms with Crippen molar-refractivity contribution in [2.75, 3.05) is 14.1 Å². The van der Waals surface area contributed by atoms with Gasteiger partial charge < -0.3 is 5.11 Å². The summed E-state index contributed by atoms with van der Waals surface area (Å²) in [6.07, 6.45) is 0. The molecule has 1 aromatic rings. The summed E-state index contributed by atoms with van der Waals surface area (Å²) in [5, 5.41) is 9.27. The van der Waals surface area contributed by atoms with E-state index >= 15 is 0 Å². The van der Waals surface area contributed by atoms with Crippen LogP contribution < -0.4 is 0 Å². The second-order valence-electron chi connectivity index (χ2n) is 4.02. The summed E-state index contributed by atoms with van der Waals surface area (Å²) >= 11 is 11.5. The molecule has 1 unspecified atom stereocenters. The normalized spacial score (nSPS) is 14.8. The molecular formula is C11H12Cl2FNO2. The van der Waals surface area contributed by atoms with Crippen LogP contribution in [-0.4, -0.2) is 30.1 Å². The van der Waals surface area contributed by atoms with Gasteiger partial charge in [0.15, 0.2) is 0 Å². The number of nitrogens with zero attached hydrogens (tertiary/aromatic N) is 1. The Labute approximate surface area is 109 Å². The Balaban J connectivity index is 3.50. The van der Waals surface area contributed by atoms with Gasteiger partial charge in [0, 0.05) is 10.6 Å². The second-order valence-corrected chi connectivity index (χ2v) is 4.83. The molecule has 1 aromatic carbocycles. The van der Waals surface area contributed by atoms with Gasteiger partial charge in [-0.15, -0.1) is 0 Å². The molecule has 0 aromatic heterocycles. The molecule has 0 bridgehead atoms. The highest BCUT2D eigenvalue weighted by atomic mass is 35.5. The fourth-order valence-corrected chi connectivity index (χ4v) is 2.01. The Morgan fingerprint density at radius 2 is 1.88 bits per heavy atom. The average molecular weight is 280 g/mol. The molecule has 0 saturated carbocycles. The van der Waals surface area contributed by atoms with Gasteiger partial charge in [0.2, 0.25) is 0 Å². The van der Waals surface area contributed by atoms with Gasteiger partial charge in [-0.1, -0.05) is 23.2 Å². The highest BCUT2D eigenvalue weighted by Crippen LogP contribution is 2.35. The van der Waals surface area contributed by atoms with Crippen LogP contribution in [0.1, 0.15) is 12.5 Å². The van der Waals surface area contributed by atoms with Crippen LogP contribution in [0.4, 0.5) is 4.39 Å². The van der Waals surface area contributed by atoms with Crippen molar-refractivity contribution in [3.05, 3.63) is 33.6 Å². The fourth-order valence-electron chi connectivity index (χ4n) is 1.44. The molecule has 0 amide bonds. The molecule has 0 radical (unpaired) electrons. The molecule has 1 rings (SSSR count). The van der Waals surface area contributed by atoms with Crippen molar-refractivity contribution in [1.29, 1.82) is 0 Å². The van der Waals surface area contributed by atoms with Crippen LogP contribution in [0.3, 0.4) is 0 Å². The Hall–Kier alpha value is -0.840. The lowest BCUT2D eigenvalue weighted by Gasteiger charge is -2.33. The Kier molecular flexibility index (Phi) is 4.02. The lowest BCUT2D eigenvalue weighted by atomic mass is 9.90. The van der Waals surface area contributed by atoms with Crippen molar-refractivity contribution < 1.29 is 14.3 Å². The van der Waals surface area contributed by atoms with Crippen LogP contribution in [-0.2, 0) is 10.3 Å². The van der Waals surface area contributed by atoms with Crippen molar-refractivity contribution >= 4 is 29.2 Å². The van der Waals surface area contributed by atoms with Gasteiger partial charge in [0.25, 0.3) is 0 Å². The SMILES string of the molecule is CN(C)C(C)(C(=O)O)c1cc(F)c(Cl)cc1Cl. The van der Waals surface area contributed by atoms with Crippen LogP contribution in [0.25, 0.3) is 0 Å². The van der Waals surface area contributed by atoms with E-state index in [0.717, 1.165) is 6.07 Å². The number of benzene rings is 1. The molecular weight excluding hydrogens is 268 g/mol. The Morgan fingerprint density at radius 3 is 2.29 bits per heavy atom. The Bertz CT molecular complexity index is 465. The van der Waals surface area contributed by atoms with E-state index in [1.807, 2.05) is 0 Å². The summed E-state index contributed by atoms with van der Waals surface area (Å²) in [4.78, 5) is 12.8. The first kappa shape index (κ1) is 14.2. The summed E-state index contributed by atoms with van der Waals surface area (Å²) in [5.74, 6) is -1.81. The third-order valence-electron chi connectivity index (χ3n) is 2.85. The van der Waals surface area contributed by atoms with Crippen LogP contribution in [0.15, 0.2) is 12.1 Å². The largest absolute Gasteiger partial charge is 0.480 e. The van der Waals surface area contributed by atoms with Crippen molar-refractivity contribution in [2.24, 2.45) is 0 Å². The number of rotatable bonds is 3. The first-order valence-corrected chi connectivity index (χ1v) is 5.52. The summed E-state index contributed by atoms with van der Waals surface area (Å²) < 4.78 is 13.4. The minimum atomic E-state index is -1.41. The van der Waals surface area contributed by atoms with Crippen molar-refractivity contribution in [3.63, 3.8) is 0 Å². The highest BCUT2D eigenvalue weighted by Gasteiger charge is 2.39. The van der Waals surface area contributed by atoms with E-state index in [4.69, 9.17) is 23.2 Å². The summed E-state index contributed by atoms with van der Waals surface area (Å²) in [5.41, 5.74) is -1.25. The summed E-state index contributed by atoms with van der Waals surface area (Å²) in [6.45, 7) is 1.45.